The Labute approximate surface area is 107 Å². The number of aromatic nitrogens is 1. The minimum absolute atomic E-state index is 0.141. The summed E-state index contributed by atoms with van der Waals surface area (Å²) >= 11 is 5.88. The maximum absolute atomic E-state index is 13.4. The highest BCUT2D eigenvalue weighted by Gasteiger charge is 2.11. The normalized spacial score (nSPS) is 10.8. The van der Waals surface area contributed by atoms with E-state index in [1.54, 1.807) is 24.3 Å². The van der Waals surface area contributed by atoms with Crippen molar-refractivity contribution in [3.05, 3.63) is 53.3 Å². The first-order valence-corrected chi connectivity index (χ1v) is 5.68. The summed E-state index contributed by atoms with van der Waals surface area (Å²) in [5.41, 5.74) is 0.906. The molecule has 1 N–H and O–H groups in total. The maximum Gasteiger partial charge on any atom is 0.204 e. The number of para-hydroxylation sites is 1. The number of nitrogens with zero attached hydrogens (tertiary/aromatic N) is 1. The van der Waals surface area contributed by atoms with Crippen LogP contribution in [0.2, 0.25) is 5.02 Å². The predicted octanol–water partition coefficient (Wildman–Crippen LogP) is 4.36. The van der Waals surface area contributed by atoms with Gasteiger partial charge in [0.1, 0.15) is 0 Å². The fourth-order valence-corrected chi connectivity index (χ4v) is 1.91. The van der Waals surface area contributed by atoms with Gasteiger partial charge in [0, 0.05) is 10.7 Å². The van der Waals surface area contributed by atoms with Crippen LogP contribution in [0, 0.1) is 5.82 Å². The lowest BCUT2D eigenvalue weighted by Crippen LogP contribution is -1.90. The molecule has 0 aliphatic carbocycles. The van der Waals surface area contributed by atoms with Gasteiger partial charge in [-0.2, -0.15) is 0 Å². The molecule has 0 fully saturated rings. The van der Waals surface area contributed by atoms with E-state index in [1.165, 1.54) is 6.07 Å². The van der Waals surface area contributed by atoms with Crippen LogP contribution >= 0.6 is 11.6 Å². The second-order valence-electron chi connectivity index (χ2n) is 3.78. The number of benzene rings is 2. The van der Waals surface area contributed by atoms with Gasteiger partial charge in [0.25, 0.3) is 0 Å². The molecule has 0 amide bonds. The predicted molar refractivity (Wildman–Crippen MR) is 68.7 cm³/mol. The third kappa shape index (κ3) is 1.91. The van der Waals surface area contributed by atoms with Crippen molar-refractivity contribution in [2.24, 2.45) is 0 Å². The molecule has 1 aromatic heterocycles. The Morgan fingerprint density at radius 1 is 1.17 bits per heavy atom. The highest BCUT2D eigenvalue weighted by atomic mass is 35.5. The van der Waals surface area contributed by atoms with E-state index >= 15 is 0 Å². The molecule has 0 bridgehead atoms. The summed E-state index contributed by atoms with van der Waals surface area (Å²) in [6, 6.07) is 11.9. The van der Waals surface area contributed by atoms with E-state index in [0.29, 0.717) is 16.2 Å². The Morgan fingerprint density at radius 3 is 2.83 bits per heavy atom. The molecule has 0 atom stereocenters. The molecule has 3 nitrogen and oxygen atoms in total. The van der Waals surface area contributed by atoms with Gasteiger partial charge in [-0.1, -0.05) is 28.9 Å². The van der Waals surface area contributed by atoms with Gasteiger partial charge in [-0.25, -0.2) is 4.39 Å². The summed E-state index contributed by atoms with van der Waals surface area (Å²) in [6.07, 6.45) is 0. The van der Waals surface area contributed by atoms with E-state index in [1.807, 2.05) is 12.1 Å². The Hall–Kier alpha value is -2.07. The van der Waals surface area contributed by atoms with E-state index < -0.39 is 5.82 Å². The minimum atomic E-state index is -0.431. The molecule has 0 spiro atoms. The second kappa shape index (κ2) is 4.31. The lowest BCUT2D eigenvalue weighted by molar-refractivity contribution is 0.443. The molecule has 2 aromatic carbocycles. The zero-order chi connectivity index (χ0) is 12.5. The van der Waals surface area contributed by atoms with E-state index in [2.05, 4.69) is 10.5 Å². The van der Waals surface area contributed by atoms with Gasteiger partial charge in [-0.3, -0.25) is 0 Å². The van der Waals surface area contributed by atoms with E-state index in [0.717, 1.165) is 5.69 Å². The van der Waals surface area contributed by atoms with Crippen LogP contribution in [0.1, 0.15) is 0 Å². The molecule has 3 rings (SSSR count). The highest BCUT2D eigenvalue weighted by Crippen LogP contribution is 2.28. The molecule has 5 heteroatoms. The summed E-state index contributed by atoms with van der Waals surface area (Å²) in [5.74, 6) is 0.0333. The molecule has 0 saturated heterocycles. The van der Waals surface area contributed by atoms with Crippen molar-refractivity contribution in [2.45, 2.75) is 0 Å². The van der Waals surface area contributed by atoms with Crippen molar-refractivity contribution in [1.29, 1.82) is 0 Å². The summed E-state index contributed by atoms with van der Waals surface area (Å²) in [7, 11) is 0. The van der Waals surface area contributed by atoms with Crippen molar-refractivity contribution < 1.29 is 8.91 Å². The Balaban J connectivity index is 2.03. The standard InChI is InChI=1S/C13H8ClFN2O/c14-8-3-1-4-9(7-8)16-13-10-5-2-6-11(15)12(10)18-17-13/h1-7H,(H,16,17). The number of nitrogens with one attached hydrogen (secondary N) is 1. The van der Waals surface area contributed by atoms with Crippen molar-refractivity contribution in [3.63, 3.8) is 0 Å². The van der Waals surface area contributed by atoms with Crippen molar-refractivity contribution >= 4 is 34.1 Å². The van der Waals surface area contributed by atoms with E-state index in [-0.39, 0.29) is 5.58 Å². The van der Waals surface area contributed by atoms with Gasteiger partial charge in [0.2, 0.25) is 5.58 Å². The number of hydrogen-bond donors (Lipinski definition) is 1. The number of fused-ring (bicyclic) bond motifs is 1. The third-order valence-electron chi connectivity index (χ3n) is 2.54. The molecule has 1 heterocycles. The van der Waals surface area contributed by atoms with Crippen LogP contribution in [0.3, 0.4) is 0 Å². The number of hydrogen-bond acceptors (Lipinski definition) is 3. The molecule has 0 unspecified atom stereocenters. The van der Waals surface area contributed by atoms with Crippen LogP contribution < -0.4 is 5.32 Å². The van der Waals surface area contributed by atoms with Crippen molar-refractivity contribution in [1.82, 2.24) is 5.16 Å². The summed E-state index contributed by atoms with van der Waals surface area (Å²) in [6.45, 7) is 0. The fourth-order valence-electron chi connectivity index (χ4n) is 1.72. The van der Waals surface area contributed by atoms with Crippen LogP contribution in [0.15, 0.2) is 47.0 Å². The van der Waals surface area contributed by atoms with Gasteiger partial charge >= 0.3 is 0 Å². The summed E-state index contributed by atoms with van der Waals surface area (Å²) in [5, 5.41) is 8.05. The van der Waals surface area contributed by atoms with E-state index in [9.17, 15) is 4.39 Å². The average Bonchev–Trinajstić information content (AvgIpc) is 2.74. The minimum Gasteiger partial charge on any atom is -0.351 e. The molecule has 0 aliphatic heterocycles. The largest absolute Gasteiger partial charge is 0.351 e. The first-order valence-electron chi connectivity index (χ1n) is 5.30. The topological polar surface area (TPSA) is 38.1 Å². The molecule has 0 aliphatic rings. The monoisotopic (exact) mass is 262 g/mol. The SMILES string of the molecule is Fc1cccc2c(Nc3cccc(Cl)c3)noc12. The van der Waals surface area contributed by atoms with Crippen LogP contribution in [0.5, 0.6) is 0 Å². The van der Waals surface area contributed by atoms with Crippen LogP contribution in [0.4, 0.5) is 15.9 Å². The van der Waals surface area contributed by atoms with Crippen LogP contribution in [-0.2, 0) is 0 Å². The lowest BCUT2D eigenvalue weighted by Gasteiger charge is -2.02. The summed E-state index contributed by atoms with van der Waals surface area (Å²) < 4.78 is 18.4. The summed E-state index contributed by atoms with van der Waals surface area (Å²) in [4.78, 5) is 0. The number of rotatable bonds is 2. The van der Waals surface area contributed by atoms with Crippen molar-refractivity contribution in [3.8, 4) is 0 Å². The average molecular weight is 263 g/mol. The van der Waals surface area contributed by atoms with Gasteiger partial charge in [-0.15, -0.1) is 0 Å². The molecular weight excluding hydrogens is 255 g/mol. The van der Waals surface area contributed by atoms with Gasteiger partial charge in [0.15, 0.2) is 11.6 Å². The Morgan fingerprint density at radius 2 is 2.00 bits per heavy atom. The zero-order valence-electron chi connectivity index (χ0n) is 9.15. The van der Waals surface area contributed by atoms with Gasteiger partial charge < -0.3 is 9.84 Å². The molecule has 0 saturated carbocycles. The Kier molecular flexibility index (Phi) is 2.64. The van der Waals surface area contributed by atoms with Gasteiger partial charge in [0.05, 0.1) is 5.39 Å². The highest BCUT2D eigenvalue weighted by molar-refractivity contribution is 6.30. The van der Waals surface area contributed by atoms with Crippen molar-refractivity contribution in [2.75, 3.05) is 5.32 Å². The lowest BCUT2D eigenvalue weighted by atomic mass is 10.2. The number of halogens is 2. The molecule has 3 aromatic rings. The molecule has 18 heavy (non-hydrogen) atoms. The van der Waals surface area contributed by atoms with E-state index in [4.69, 9.17) is 16.1 Å². The van der Waals surface area contributed by atoms with Crippen LogP contribution in [-0.4, -0.2) is 5.16 Å². The third-order valence-corrected chi connectivity index (χ3v) is 2.77. The second-order valence-corrected chi connectivity index (χ2v) is 4.22. The molecule has 0 radical (unpaired) electrons. The number of anilines is 2. The molecular formula is C13H8ClFN2O. The first kappa shape index (κ1) is 11.0. The maximum atomic E-state index is 13.4. The van der Waals surface area contributed by atoms with Gasteiger partial charge in [-0.05, 0) is 30.3 Å². The van der Waals surface area contributed by atoms with Crippen LogP contribution in [0.25, 0.3) is 11.0 Å². The molecule has 90 valence electrons. The Bertz CT molecular complexity index is 711. The fraction of sp³-hybridized carbons (Fsp3) is 0. The zero-order valence-corrected chi connectivity index (χ0v) is 9.91. The first-order chi connectivity index (χ1) is 8.74. The smallest absolute Gasteiger partial charge is 0.204 e. The quantitative estimate of drug-likeness (QED) is 0.745.